The van der Waals surface area contributed by atoms with E-state index in [1.807, 2.05) is 0 Å². The van der Waals surface area contributed by atoms with Crippen molar-refractivity contribution in [2.75, 3.05) is 33.0 Å². The van der Waals surface area contributed by atoms with Gasteiger partial charge in [-0.25, -0.2) is 0 Å². The van der Waals surface area contributed by atoms with E-state index in [2.05, 4.69) is 5.32 Å². The predicted molar refractivity (Wildman–Crippen MR) is 64.1 cm³/mol. The van der Waals surface area contributed by atoms with Crippen LogP contribution in [0.5, 0.6) is 0 Å². The summed E-state index contributed by atoms with van der Waals surface area (Å²) >= 11 is 0. The first-order valence-electron chi connectivity index (χ1n) is 6.93. The van der Waals surface area contributed by atoms with Gasteiger partial charge in [-0.1, -0.05) is 0 Å². The minimum Gasteiger partial charge on any atom is -0.378 e. The molecule has 0 aromatic carbocycles. The molecule has 3 heterocycles. The Hall–Kier alpha value is -0.160. The molecule has 0 amide bonds. The van der Waals surface area contributed by atoms with Crippen LogP contribution in [0.1, 0.15) is 32.1 Å². The van der Waals surface area contributed by atoms with Gasteiger partial charge in [0.05, 0.1) is 18.3 Å². The zero-order chi connectivity index (χ0) is 11.6. The largest absolute Gasteiger partial charge is 0.378 e. The van der Waals surface area contributed by atoms with E-state index in [-0.39, 0.29) is 5.60 Å². The molecule has 98 valence electrons. The fraction of sp³-hybridized carbons (Fsp3) is 1.00. The van der Waals surface area contributed by atoms with E-state index in [0.717, 1.165) is 52.2 Å². The van der Waals surface area contributed by atoms with E-state index in [0.29, 0.717) is 12.1 Å². The molecule has 0 radical (unpaired) electrons. The van der Waals surface area contributed by atoms with E-state index in [9.17, 15) is 0 Å². The molecule has 3 rings (SSSR count). The first kappa shape index (κ1) is 11.9. The molecular weight excluding hydrogens is 218 g/mol. The van der Waals surface area contributed by atoms with E-state index < -0.39 is 0 Å². The van der Waals surface area contributed by atoms with E-state index in [1.54, 1.807) is 0 Å². The minimum atomic E-state index is 0.0203. The smallest absolute Gasteiger partial charge is 0.0951 e. The van der Waals surface area contributed by atoms with Gasteiger partial charge in [0.25, 0.3) is 0 Å². The molecule has 0 aromatic rings. The molecule has 3 unspecified atom stereocenters. The zero-order valence-corrected chi connectivity index (χ0v) is 10.5. The maximum absolute atomic E-state index is 5.93. The van der Waals surface area contributed by atoms with Crippen LogP contribution in [0.2, 0.25) is 0 Å². The summed E-state index contributed by atoms with van der Waals surface area (Å²) in [6, 6.07) is 0.578. The summed E-state index contributed by atoms with van der Waals surface area (Å²) in [7, 11) is 0. The Kier molecular flexibility index (Phi) is 3.66. The van der Waals surface area contributed by atoms with Gasteiger partial charge in [-0.3, -0.25) is 0 Å². The quantitative estimate of drug-likeness (QED) is 0.803. The molecule has 3 atom stereocenters. The lowest BCUT2D eigenvalue weighted by Gasteiger charge is -2.37. The Balaban J connectivity index is 1.46. The summed E-state index contributed by atoms with van der Waals surface area (Å²) in [6.45, 7) is 4.45. The highest BCUT2D eigenvalue weighted by molar-refractivity contribution is 4.93. The highest BCUT2D eigenvalue weighted by Crippen LogP contribution is 2.32. The first-order chi connectivity index (χ1) is 8.36. The average Bonchev–Trinajstić information content (AvgIpc) is 2.99. The van der Waals surface area contributed by atoms with Crippen molar-refractivity contribution in [2.24, 2.45) is 0 Å². The van der Waals surface area contributed by atoms with Crippen LogP contribution in [-0.4, -0.2) is 50.7 Å². The van der Waals surface area contributed by atoms with Gasteiger partial charge >= 0.3 is 0 Å². The minimum absolute atomic E-state index is 0.0203. The van der Waals surface area contributed by atoms with Gasteiger partial charge in [0.1, 0.15) is 0 Å². The van der Waals surface area contributed by atoms with Crippen molar-refractivity contribution in [3.05, 3.63) is 0 Å². The second-order valence-corrected chi connectivity index (χ2v) is 5.57. The number of hydrogen-bond donors (Lipinski definition) is 1. The van der Waals surface area contributed by atoms with Crippen LogP contribution in [0.3, 0.4) is 0 Å². The Morgan fingerprint density at radius 2 is 2.18 bits per heavy atom. The Morgan fingerprint density at radius 1 is 1.18 bits per heavy atom. The zero-order valence-electron chi connectivity index (χ0n) is 10.5. The van der Waals surface area contributed by atoms with Crippen LogP contribution in [-0.2, 0) is 14.2 Å². The third-order valence-electron chi connectivity index (χ3n) is 4.22. The predicted octanol–water partition coefficient (Wildman–Crippen LogP) is 1.09. The van der Waals surface area contributed by atoms with E-state index in [1.165, 1.54) is 12.8 Å². The summed E-state index contributed by atoms with van der Waals surface area (Å²) in [4.78, 5) is 0. The topological polar surface area (TPSA) is 39.7 Å². The van der Waals surface area contributed by atoms with Crippen molar-refractivity contribution in [3.8, 4) is 0 Å². The molecule has 4 heteroatoms. The lowest BCUT2D eigenvalue weighted by atomic mass is 9.89. The van der Waals surface area contributed by atoms with Crippen molar-refractivity contribution in [1.82, 2.24) is 5.32 Å². The molecule has 17 heavy (non-hydrogen) atoms. The monoisotopic (exact) mass is 241 g/mol. The van der Waals surface area contributed by atoms with E-state index in [4.69, 9.17) is 14.2 Å². The maximum Gasteiger partial charge on any atom is 0.0951 e. The van der Waals surface area contributed by atoms with Crippen LogP contribution in [0.25, 0.3) is 0 Å². The Morgan fingerprint density at radius 3 is 2.94 bits per heavy atom. The summed E-state index contributed by atoms with van der Waals surface area (Å²) in [5.74, 6) is 0. The highest BCUT2D eigenvalue weighted by atomic mass is 16.6. The van der Waals surface area contributed by atoms with Gasteiger partial charge in [-0.05, 0) is 25.7 Å². The van der Waals surface area contributed by atoms with Gasteiger partial charge in [-0.15, -0.1) is 0 Å². The summed E-state index contributed by atoms with van der Waals surface area (Å²) in [6.07, 6.45) is 6.15. The molecule has 3 fully saturated rings. The lowest BCUT2D eigenvalue weighted by molar-refractivity contribution is -0.0901. The third kappa shape index (κ3) is 2.81. The van der Waals surface area contributed by atoms with Crippen molar-refractivity contribution in [1.29, 1.82) is 0 Å². The summed E-state index contributed by atoms with van der Waals surface area (Å²) in [5, 5.41) is 3.65. The third-order valence-corrected chi connectivity index (χ3v) is 4.22. The van der Waals surface area contributed by atoms with Crippen molar-refractivity contribution >= 4 is 0 Å². The average molecular weight is 241 g/mol. The van der Waals surface area contributed by atoms with Crippen LogP contribution in [0, 0.1) is 0 Å². The number of rotatable bonds is 3. The fourth-order valence-electron chi connectivity index (χ4n) is 3.17. The lowest BCUT2D eigenvalue weighted by Crippen LogP contribution is -2.48. The summed E-state index contributed by atoms with van der Waals surface area (Å²) in [5.41, 5.74) is 0.0203. The van der Waals surface area contributed by atoms with Crippen molar-refractivity contribution in [3.63, 3.8) is 0 Å². The molecule has 0 aromatic heterocycles. The van der Waals surface area contributed by atoms with Gasteiger partial charge in [0, 0.05) is 38.8 Å². The van der Waals surface area contributed by atoms with Gasteiger partial charge in [-0.2, -0.15) is 0 Å². The van der Waals surface area contributed by atoms with Gasteiger partial charge in [0.15, 0.2) is 0 Å². The number of hydrogen-bond acceptors (Lipinski definition) is 4. The molecule has 1 spiro atoms. The Bertz CT molecular complexity index is 247. The normalized spacial score (nSPS) is 42.4. The molecule has 0 bridgehead atoms. The van der Waals surface area contributed by atoms with Crippen LogP contribution < -0.4 is 5.32 Å². The molecule has 4 nitrogen and oxygen atoms in total. The molecule has 3 saturated heterocycles. The van der Waals surface area contributed by atoms with Crippen LogP contribution in [0.15, 0.2) is 0 Å². The van der Waals surface area contributed by atoms with Gasteiger partial charge in [0.2, 0.25) is 0 Å². The van der Waals surface area contributed by atoms with Crippen molar-refractivity contribution < 1.29 is 14.2 Å². The Labute approximate surface area is 103 Å². The highest BCUT2D eigenvalue weighted by Gasteiger charge is 2.40. The number of ether oxygens (including phenoxy) is 3. The van der Waals surface area contributed by atoms with E-state index >= 15 is 0 Å². The standard InChI is InChI=1S/C13H23NO3/c1-2-12(16-5-1)9-14-11-3-6-17-13(8-11)4-7-15-10-13/h11-12,14H,1-10H2. The second-order valence-electron chi connectivity index (χ2n) is 5.57. The fourth-order valence-corrected chi connectivity index (χ4v) is 3.17. The van der Waals surface area contributed by atoms with Crippen molar-refractivity contribution in [2.45, 2.75) is 49.9 Å². The summed E-state index contributed by atoms with van der Waals surface area (Å²) < 4.78 is 17.1. The number of nitrogens with one attached hydrogen (secondary N) is 1. The molecule has 1 N–H and O–H groups in total. The van der Waals surface area contributed by atoms with Gasteiger partial charge < -0.3 is 19.5 Å². The molecule has 3 aliphatic rings. The van der Waals surface area contributed by atoms with Crippen LogP contribution >= 0.6 is 0 Å². The molecule has 3 aliphatic heterocycles. The molecular formula is C13H23NO3. The maximum atomic E-state index is 5.93. The first-order valence-corrected chi connectivity index (χ1v) is 6.93. The molecule has 0 aliphatic carbocycles. The van der Waals surface area contributed by atoms with Crippen LogP contribution in [0.4, 0.5) is 0 Å². The molecule has 0 saturated carbocycles. The SMILES string of the molecule is C1COC(CNC2CCOC3(CCOC3)C2)C1. The second kappa shape index (κ2) is 5.22.